The highest BCUT2D eigenvalue weighted by atomic mass is 16.1. The van der Waals surface area contributed by atoms with Gasteiger partial charge in [0.05, 0.1) is 0 Å². The summed E-state index contributed by atoms with van der Waals surface area (Å²) in [4.78, 5) is 26.5. The number of Topliss-reactive ketones (excluding diaryl/α,β-unsaturated/α-hetero) is 2. The number of carbonyl (C=O) groups is 2. The summed E-state index contributed by atoms with van der Waals surface area (Å²) in [6.45, 7) is 3.74. The van der Waals surface area contributed by atoms with Crippen molar-refractivity contribution in [3.63, 3.8) is 0 Å². The zero-order chi connectivity index (χ0) is 15.2. The molecule has 1 heterocycles. The van der Waals surface area contributed by atoms with Crippen LogP contribution in [0.2, 0.25) is 0 Å². The highest BCUT2D eigenvalue weighted by Gasteiger charge is 2.14. The summed E-state index contributed by atoms with van der Waals surface area (Å²) in [6, 6.07) is 6.15. The molecule has 21 heavy (non-hydrogen) atoms. The maximum atomic E-state index is 12.4. The number of benzene rings is 1. The van der Waals surface area contributed by atoms with Crippen molar-refractivity contribution in [3.05, 3.63) is 35.5 Å². The van der Waals surface area contributed by atoms with E-state index in [1.54, 1.807) is 6.92 Å². The molecule has 2 aromatic rings. The fraction of sp³-hybridized carbons (Fsp3) is 0.444. The zero-order valence-corrected chi connectivity index (χ0v) is 12.9. The first-order valence-corrected chi connectivity index (χ1v) is 7.75. The number of aromatic amines is 1. The second kappa shape index (κ2) is 7.21. The van der Waals surface area contributed by atoms with E-state index in [9.17, 15) is 9.59 Å². The molecule has 1 N–H and O–H groups in total. The van der Waals surface area contributed by atoms with Gasteiger partial charge in [-0.2, -0.15) is 0 Å². The summed E-state index contributed by atoms with van der Waals surface area (Å²) in [7, 11) is 0. The Morgan fingerprint density at radius 3 is 2.62 bits per heavy atom. The molecule has 0 unspecified atom stereocenters. The number of nitrogens with one attached hydrogen (secondary N) is 1. The van der Waals surface area contributed by atoms with Crippen LogP contribution >= 0.6 is 0 Å². The van der Waals surface area contributed by atoms with Crippen molar-refractivity contribution < 1.29 is 9.59 Å². The van der Waals surface area contributed by atoms with Crippen molar-refractivity contribution in [1.82, 2.24) is 4.98 Å². The Kier molecular flexibility index (Phi) is 5.32. The van der Waals surface area contributed by atoms with Crippen LogP contribution in [0.25, 0.3) is 10.9 Å². The zero-order valence-electron chi connectivity index (χ0n) is 12.9. The molecule has 0 saturated heterocycles. The standard InChI is InChI=1S/C18H23NO2/c1-3-7-14-9-6-10-16-18(14)15(12-19-16)17(21)11-5-4-8-13(2)20/h6,9-10,12,19H,3-5,7-8,11H2,1-2H3. The van der Waals surface area contributed by atoms with Gasteiger partial charge in [0, 0.05) is 35.5 Å². The van der Waals surface area contributed by atoms with Gasteiger partial charge in [-0.3, -0.25) is 4.79 Å². The maximum absolute atomic E-state index is 12.4. The Labute approximate surface area is 125 Å². The summed E-state index contributed by atoms with van der Waals surface area (Å²) in [6.07, 6.45) is 6.54. The van der Waals surface area contributed by atoms with Gasteiger partial charge in [-0.1, -0.05) is 25.5 Å². The Morgan fingerprint density at radius 1 is 1.14 bits per heavy atom. The largest absolute Gasteiger partial charge is 0.360 e. The van der Waals surface area contributed by atoms with Crippen LogP contribution < -0.4 is 0 Å². The number of fused-ring (bicyclic) bond motifs is 1. The molecule has 0 saturated carbocycles. The number of hydrogen-bond acceptors (Lipinski definition) is 2. The van der Waals surface area contributed by atoms with Gasteiger partial charge in [-0.15, -0.1) is 0 Å². The molecule has 0 atom stereocenters. The van der Waals surface area contributed by atoms with Gasteiger partial charge in [0.25, 0.3) is 0 Å². The quantitative estimate of drug-likeness (QED) is 0.575. The number of H-pyrrole nitrogens is 1. The third kappa shape index (κ3) is 3.81. The van der Waals surface area contributed by atoms with Crippen LogP contribution in [0.3, 0.4) is 0 Å². The van der Waals surface area contributed by atoms with Crippen molar-refractivity contribution in [1.29, 1.82) is 0 Å². The molecule has 0 aliphatic carbocycles. The van der Waals surface area contributed by atoms with Crippen LogP contribution in [0, 0.1) is 0 Å². The Balaban J connectivity index is 2.13. The normalized spacial score (nSPS) is 11.0. The summed E-state index contributed by atoms with van der Waals surface area (Å²) >= 11 is 0. The van der Waals surface area contributed by atoms with Crippen LogP contribution in [0.5, 0.6) is 0 Å². The van der Waals surface area contributed by atoms with Gasteiger partial charge in [0.15, 0.2) is 5.78 Å². The number of rotatable bonds is 8. The Bertz CT molecular complexity index is 640. The van der Waals surface area contributed by atoms with E-state index in [-0.39, 0.29) is 11.6 Å². The molecule has 0 aliphatic rings. The van der Waals surface area contributed by atoms with Gasteiger partial charge in [0.2, 0.25) is 0 Å². The van der Waals surface area contributed by atoms with Crippen LogP contribution in [0.15, 0.2) is 24.4 Å². The first-order chi connectivity index (χ1) is 10.1. The third-order valence-corrected chi connectivity index (χ3v) is 3.79. The molecule has 0 spiro atoms. The van der Waals surface area contributed by atoms with Crippen LogP contribution in [-0.2, 0) is 11.2 Å². The molecule has 0 aliphatic heterocycles. The third-order valence-electron chi connectivity index (χ3n) is 3.79. The molecule has 0 amide bonds. The monoisotopic (exact) mass is 285 g/mol. The topological polar surface area (TPSA) is 49.9 Å². The molecule has 3 nitrogen and oxygen atoms in total. The predicted octanol–water partition coefficient (Wildman–Crippen LogP) is 4.45. The van der Waals surface area contributed by atoms with E-state index in [0.717, 1.165) is 42.1 Å². The Hall–Kier alpha value is -1.90. The van der Waals surface area contributed by atoms with Crippen molar-refractivity contribution in [2.45, 2.75) is 52.4 Å². The number of hydrogen-bond donors (Lipinski definition) is 1. The highest BCUT2D eigenvalue weighted by Crippen LogP contribution is 2.25. The van der Waals surface area contributed by atoms with Crippen LogP contribution in [0.1, 0.15) is 61.9 Å². The van der Waals surface area contributed by atoms with Gasteiger partial charge in [-0.25, -0.2) is 0 Å². The fourth-order valence-electron chi connectivity index (χ4n) is 2.75. The van der Waals surface area contributed by atoms with E-state index in [2.05, 4.69) is 18.0 Å². The smallest absolute Gasteiger partial charge is 0.165 e. The van der Waals surface area contributed by atoms with E-state index < -0.39 is 0 Å². The van der Waals surface area contributed by atoms with Crippen molar-refractivity contribution in [2.75, 3.05) is 0 Å². The molecule has 1 aromatic carbocycles. The van der Waals surface area contributed by atoms with Gasteiger partial charge in [-0.05, 0) is 37.8 Å². The summed E-state index contributed by atoms with van der Waals surface area (Å²) < 4.78 is 0. The lowest BCUT2D eigenvalue weighted by Crippen LogP contribution is -2.00. The summed E-state index contributed by atoms with van der Waals surface area (Å²) in [5, 5.41) is 1.08. The molecule has 0 fully saturated rings. The molecular weight excluding hydrogens is 262 g/mol. The molecule has 3 heteroatoms. The van der Waals surface area contributed by atoms with Gasteiger partial charge < -0.3 is 9.78 Å². The van der Waals surface area contributed by atoms with Crippen LogP contribution in [0.4, 0.5) is 0 Å². The lowest BCUT2D eigenvalue weighted by Gasteiger charge is -2.05. The lowest BCUT2D eigenvalue weighted by atomic mass is 9.98. The molecule has 2 rings (SSSR count). The second-order valence-electron chi connectivity index (χ2n) is 5.62. The Morgan fingerprint density at radius 2 is 1.90 bits per heavy atom. The second-order valence-corrected chi connectivity index (χ2v) is 5.62. The molecule has 1 aromatic heterocycles. The average Bonchev–Trinajstić information content (AvgIpc) is 2.88. The van der Waals surface area contributed by atoms with E-state index in [1.807, 2.05) is 18.3 Å². The van der Waals surface area contributed by atoms with Crippen molar-refractivity contribution in [3.8, 4) is 0 Å². The highest BCUT2D eigenvalue weighted by molar-refractivity contribution is 6.09. The SMILES string of the molecule is CCCc1cccc2[nH]cc(C(=O)CCCCC(C)=O)c12. The van der Waals surface area contributed by atoms with E-state index in [1.165, 1.54) is 5.56 Å². The number of aromatic nitrogens is 1. The minimum Gasteiger partial charge on any atom is -0.360 e. The van der Waals surface area contributed by atoms with Crippen molar-refractivity contribution >= 4 is 22.5 Å². The first kappa shape index (κ1) is 15.5. The minimum absolute atomic E-state index is 0.174. The number of ketones is 2. The van der Waals surface area contributed by atoms with Crippen LogP contribution in [-0.4, -0.2) is 16.6 Å². The number of carbonyl (C=O) groups excluding carboxylic acids is 2. The van der Waals surface area contributed by atoms with E-state index >= 15 is 0 Å². The lowest BCUT2D eigenvalue weighted by molar-refractivity contribution is -0.117. The minimum atomic E-state index is 0.174. The molecular formula is C18H23NO2. The summed E-state index contributed by atoms with van der Waals surface area (Å²) in [5.74, 6) is 0.369. The average molecular weight is 285 g/mol. The van der Waals surface area contributed by atoms with E-state index in [4.69, 9.17) is 0 Å². The molecule has 0 radical (unpaired) electrons. The predicted molar refractivity (Wildman–Crippen MR) is 85.8 cm³/mol. The fourth-order valence-corrected chi connectivity index (χ4v) is 2.75. The maximum Gasteiger partial charge on any atom is 0.165 e. The molecule has 0 bridgehead atoms. The number of unbranched alkanes of at least 4 members (excludes halogenated alkanes) is 1. The van der Waals surface area contributed by atoms with Gasteiger partial charge >= 0.3 is 0 Å². The van der Waals surface area contributed by atoms with E-state index in [0.29, 0.717) is 12.8 Å². The van der Waals surface area contributed by atoms with Gasteiger partial charge in [0.1, 0.15) is 5.78 Å². The summed E-state index contributed by atoms with van der Waals surface area (Å²) in [5.41, 5.74) is 3.08. The number of aryl methyl sites for hydroxylation is 1. The van der Waals surface area contributed by atoms with Crippen molar-refractivity contribution in [2.24, 2.45) is 0 Å². The molecule has 112 valence electrons. The first-order valence-electron chi connectivity index (χ1n) is 7.75.